The lowest BCUT2D eigenvalue weighted by atomic mass is 10.2. The lowest BCUT2D eigenvalue weighted by Gasteiger charge is -2.09. The van der Waals surface area contributed by atoms with Crippen LogP contribution >= 0.6 is 11.6 Å². The number of aromatic nitrogens is 2. The maximum atomic E-state index is 12.9. The van der Waals surface area contributed by atoms with Crippen molar-refractivity contribution < 1.29 is 13.9 Å². The molecule has 1 N–H and O–H groups in total. The molecule has 4 aromatic rings. The van der Waals surface area contributed by atoms with Crippen LogP contribution in [-0.2, 0) is 11.3 Å². The van der Waals surface area contributed by atoms with Gasteiger partial charge >= 0.3 is 0 Å². The van der Waals surface area contributed by atoms with Gasteiger partial charge in [-0.2, -0.15) is 5.10 Å². The van der Waals surface area contributed by atoms with E-state index in [0.717, 1.165) is 11.3 Å². The third-order valence-electron chi connectivity index (χ3n) is 4.35. The van der Waals surface area contributed by atoms with Crippen molar-refractivity contribution in [3.05, 3.63) is 89.3 Å². The summed E-state index contributed by atoms with van der Waals surface area (Å²) in [5.74, 6) is 0.278. The smallest absolute Gasteiger partial charge is 0.276 e. The SMILES string of the molecule is COCc1ccccc1NC(=O)c1cc(-c2ccco2)n(-c2ccc(Cl)cc2)n1. The van der Waals surface area contributed by atoms with Crippen molar-refractivity contribution in [1.82, 2.24) is 9.78 Å². The van der Waals surface area contributed by atoms with Gasteiger partial charge in [0, 0.05) is 29.4 Å². The summed E-state index contributed by atoms with van der Waals surface area (Å²) in [5.41, 5.74) is 3.25. The van der Waals surface area contributed by atoms with E-state index in [9.17, 15) is 4.79 Å². The van der Waals surface area contributed by atoms with E-state index in [-0.39, 0.29) is 11.6 Å². The van der Waals surface area contributed by atoms with Crippen LogP contribution in [0.1, 0.15) is 16.1 Å². The summed E-state index contributed by atoms with van der Waals surface area (Å²) in [7, 11) is 1.61. The van der Waals surface area contributed by atoms with E-state index in [4.69, 9.17) is 20.8 Å². The number of methoxy groups -OCH3 is 1. The fraction of sp³-hybridized carbons (Fsp3) is 0.0909. The lowest BCUT2D eigenvalue weighted by molar-refractivity contribution is 0.102. The quantitative estimate of drug-likeness (QED) is 0.478. The van der Waals surface area contributed by atoms with E-state index in [2.05, 4.69) is 10.4 Å². The van der Waals surface area contributed by atoms with Crippen LogP contribution in [0.15, 0.2) is 77.4 Å². The van der Waals surface area contributed by atoms with Gasteiger partial charge in [0.2, 0.25) is 0 Å². The molecule has 2 aromatic heterocycles. The Bertz CT molecular complexity index is 1120. The summed E-state index contributed by atoms with van der Waals surface area (Å²) in [6.45, 7) is 0.396. The van der Waals surface area contributed by atoms with Crippen molar-refractivity contribution in [2.75, 3.05) is 12.4 Å². The highest BCUT2D eigenvalue weighted by molar-refractivity contribution is 6.30. The number of hydrogen-bond acceptors (Lipinski definition) is 4. The molecule has 4 rings (SSSR count). The molecule has 6 nitrogen and oxygen atoms in total. The molecule has 0 aliphatic rings. The number of hydrogen-bond donors (Lipinski definition) is 1. The van der Waals surface area contributed by atoms with Gasteiger partial charge in [-0.25, -0.2) is 4.68 Å². The summed E-state index contributed by atoms with van der Waals surface area (Å²) in [4.78, 5) is 12.9. The van der Waals surface area contributed by atoms with Crippen LogP contribution in [0.3, 0.4) is 0 Å². The molecule has 0 unspecified atom stereocenters. The number of amides is 1. The molecule has 7 heteroatoms. The van der Waals surface area contributed by atoms with E-state index in [1.54, 1.807) is 42.3 Å². The fourth-order valence-electron chi connectivity index (χ4n) is 2.98. The molecular weight excluding hydrogens is 390 g/mol. The fourth-order valence-corrected chi connectivity index (χ4v) is 3.11. The Morgan fingerprint density at radius 3 is 2.66 bits per heavy atom. The maximum absolute atomic E-state index is 12.9. The number of rotatable bonds is 6. The second-order valence-electron chi connectivity index (χ2n) is 6.32. The van der Waals surface area contributed by atoms with E-state index in [0.29, 0.717) is 28.8 Å². The summed E-state index contributed by atoms with van der Waals surface area (Å²) in [5, 5.41) is 8.04. The van der Waals surface area contributed by atoms with Gasteiger partial charge in [-0.1, -0.05) is 29.8 Å². The minimum atomic E-state index is -0.325. The molecule has 2 aromatic carbocycles. The first-order valence-electron chi connectivity index (χ1n) is 8.94. The van der Waals surface area contributed by atoms with Gasteiger partial charge in [0.25, 0.3) is 5.91 Å². The molecule has 0 bridgehead atoms. The third-order valence-corrected chi connectivity index (χ3v) is 4.60. The minimum absolute atomic E-state index is 0.263. The zero-order chi connectivity index (χ0) is 20.2. The zero-order valence-corrected chi connectivity index (χ0v) is 16.4. The van der Waals surface area contributed by atoms with Crippen LogP contribution < -0.4 is 5.32 Å². The Labute approximate surface area is 172 Å². The molecule has 2 heterocycles. The average Bonchev–Trinajstić information content (AvgIpc) is 3.40. The van der Waals surface area contributed by atoms with Crippen LogP contribution in [-0.4, -0.2) is 22.8 Å². The summed E-state index contributed by atoms with van der Waals surface area (Å²) in [6.07, 6.45) is 1.58. The van der Waals surface area contributed by atoms with Gasteiger partial charge in [-0.3, -0.25) is 4.79 Å². The molecule has 146 valence electrons. The Morgan fingerprint density at radius 2 is 1.93 bits per heavy atom. The number of nitrogens with zero attached hydrogens (tertiary/aromatic N) is 2. The number of halogens is 1. The number of benzene rings is 2. The lowest BCUT2D eigenvalue weighted by Crippen LogP contribution is -2.14. The molecule has 0 radical (unpaired) electrons. The van der Waals surface area contributed by atoms with Crippen molar-refractivity contribution in [2.24, 2.45) is 0 Å². The van der Waals surface area contributed by atoms with Crippen LogP contribution in [0.4, 0.5) is 5.69 Å². The first-order valence-corrected chi connectivity index (χ1v) is 9.31. The Balaban J connectivity index is 1.70. The molecule has 29 heavy (non-hydrogen) atoms. The number of anilines is 1. The van der Waals surface area contributed by atoms with Crippen molar-refractivity contribution in [3.63, 3.8) is 0 Å². The summed E-state index contributed by atoms with van der Waals surface area (Å²) >= 11 is 6.00. The Morgan fingerprint density at radius 1 is 1.14 bits per heavy atom. The highest BCUT2D eigenvalue weighted by atomic mass is 35.5. The van der Waals surface area contributed by atoms with Crippen molar-refractivity contribution in [2.45, 2.75) is 6.61 Å². The van der Waals surface area contributed by atoms with Crippen molar-refractivity contribution in [1.29, 1.82) is 0 Å². The normalized spacial score (nSPS) is 10.8. The molecule has 0 saturated carbocycles. The standard InChI is InChI=1S/C22H18ClN3O3/c1-28-14-15-5-2-3-6-18(15)24-22(27)19-13-20(21-7-4-12-29-21)26(25-19)17-10-8-16(23)9-11-17/h2-13H,14H2,1H3,(H,24,27). The van der Waals surface area contributed by atoms with Crippen molar-refractivity contribution in [3.8, 4) is 17.1 Å². The van der Waals surface area contributed by atoms with E-state index in [1.807, 2.05) is 42.5 Å². The maximum Gasteiger partial charge on any atom is 0.276 e. The molecule has 0 aliphatic carbocycles. The molecular formula is C22H18ClN3O3. The van der Waals surface area contributed by atoms with E-state index in [1.165, 1.54) is 0 Å². The molecule has 0 spiro atoms. The van der Waals surface area contributed by atoms with Gasteiger partial charge in [-0.15, -0.1) is 0 Å². The second-order valence-corrected chi connectivity index (χ2v) is 6.76. The summed E-state index contributed by atoms with van der Waals surface area (Å²) in [6, 6.07) is 20.0. The number of nitrogens with one attached hydrogen (secondary N) is 1. The predicted octanol–water partition coefficient (Wildman–Crippen LogP) is 5.18. The van der Waals surface area contributed by atoms with Gasteiger partial charge < -0.3 is 14.5 Å². The third kappa shape index (κ3) is 4.08. The van der Waals surface area contributed by atoms with Crippen LogP contribution in [0.2, 0.25) is 5.02 Å². The van der Waals surface area contributed by atoms with E-state index >= 15 is 0 Å². The second kappa shape index (κ2) is 8.34. The number of para-hydroxylation sites is 1. The van der Waals surface area contributed by atoms with Gasteiger partial charge in [-0.05, 0) is 42.5 Å². The molecule has 0 atom stereocenters. The largest absolute Gasteiger partial charge is 0.463 e. The average molecular weight is 408 g/mol. The van der Waals surface area contributed by atoms with Gasteiger partial charge in [0.1, 0.15) is 5.69 Å². The highest BCUT2D eigenvalue weighted by Crippen LogP contribution is 2.26. The molecule has 0 fully saturated rings. The zero-order valence-electron chi connectivity index (χ0n) is 15.6. The first kappa shape index (κ1) is 19.0. The van der Waals surface area contributed by atoms with E-state index < -0.39 is 0 Å². The molecule has 0 saturated heterocycles. The minimum Gasteiger partial charge on any atom is -0.463 e. The molecule has 1 amide bonds. The Hall–Kier alpha value is -3.35. The monoisotopic (exact) mass is 407 g/mol. The number of ether oxygens (including phenoxy) is 1. The van der Waals surface area contributed by atoms with Gasteiger partial charge in [0.15, 0.2) is 11.5 Å². The Kier molecular flexibility index (Phi) is 5.46. The van der Waals surface area contributed by atoms with Crippen LogP contribution in [0, 0.1) is 0 Å². The predicted molar refractivity (Wildman–Crippen MR) is 111 cm³/mol. The highest BCUT2D eigenvalue weighted by Gasteiger charge is 2.19. The van der Waals surface area contributed by atoms with Crippen LogP contribution in [0.25, 0.3) is 17.1 Å². The number of carbonyl (C=O) groups excluding carboxylic acids is 1. The number of carbonyl (C=O) groups is 1. The number of furan rings is 1. The van der Waals surface area contributed by atoms with Crippen molar-refractivity contribution >= 4 is 23.2 Å². The van der Waals surface area contributed by atoms with Gasteiger partial charge in [0.05, 0.1) is 18.6 Å². The topological polar surface area (TPSA) is 69.3 Å². The molecule has 0 aliphatic heterocycles. The summed E-state index contributed by atoms with van der Waals surface area (Å²) < 4.78 is 12.4. The van der Waals surface area contributed by atoms with Crippen LogP contribution in [0.5, 0.6) is 0 Å². The first-order chi connectivity index (χ1) is 14.2.